The van der Waals surface area contributed by atoms with E-state index in [1.54, 1.807) is 10.6 Å². The van der Waals surface area contributed by atoms with E-state index in [4.69, 9.17) is 4.74 Å². The van der Waals surface area contributed by atoms with Crippen LogP contribution in [0.5, 0.6) is 6.01 Å². The normalized spacial score (nSPS) is 14.6. The third kappa shape index (κ3) is 3.99. The van der Waals surface area contributed by atoms with Gasteiger partial charge in [-0.05, 0) is 28.2 Å². The molecule has 1 aliphatic rings. The van der Waals surface area contributed by atoms with Gasteiger partial charge < -0.3 is 14.9 Å². The molecule has 0 amide bonds. The Bertz CT molecular complexity index is 972. The van der Waals surface area contributed by atoms with Gasteiger partial charge in [-0.1, -0.05) is 24.3 Å². The predicted molar refractivity (Wildman–Crippen MR) is 99.3 cm³/mol. The highest BCUT2D eigenvalue weighted by Crippen LogP contribution is 2.21. The second kappa shape index (κ2) is 7.73. The standard InChI is InChI=1S/C19H18FN5O3/c20-17-6-5-16(11-21-17)15-3-1-14(2-4-15)12-23-7-8-24-13-18(25(26)27)22-19(24)28-10-9-23/h1-6,11,13H,7-10,12H2. The van der Waals surface area contributed by atoms with Crippen LogP contribution in [0.3, 0.4) is 0 Å². The third-order valence-corrected chi connectivity index (χ3v) is 4.63. The minimum Gasteiger partial charge on any atom is -0.444 e. The second-order valence-corrected chi connectivity index (χ2v) is 6.52. The third-order valence-electron chi connectivity index (χ3n) is 4.63. The molecule has 0 saturated heterocycles. The van der Waals surface area contributed by atoms with Crippen LogP contribution in [-0.2, 0) is 13.1 Å². The molecule has 0 fully saturated rings. The van der Waals surface area contributed by atoms with Crippen LogP contribution in [-0.4, -0.2) is 44.1 Å². The molecule has 144 valence electrons. The first-order chi connectivity index (χ1) is 13.6. The van der Waals surface area contributed by atoms with E-state index in [9.17, 15) is 14.5 Å². The quantitative estimate of drug-likeness (QED) is 0.391. The Hall–Kier alpha value is -3.33. The number of halogens is 1. The summed E-state index contributed by atoms with van der Waals surface area (Å²) in [5.41, 5.74) is 2.97. The van der Waals surface area contributed by atoms with Crippen LogP contribution in [0.2, 0.25) is 0 Å². The van der Waals surface area contributed by atoms with Crippen LogP contribution in [0.25, 0.3) is 11.1 Å². The average Bonchev–Trinajstić information content (AvgIpc) is 3.08. The predicted octanol–water partition coefficient (Wildman–Crippen LogP) is 2.89. The largest absolute Gasteiger partial charge is 0.444 e. The summed E-state index contributed by atoms with van der Waals surface area (Å²) in [6.45, 7) is 3.14. The number of benzene rings is 1. The fourth-order valence-corrected chi connectivity index (χ4v) is 3.14. The summed E-state index contributed by atoms with van der Waals surface area (Å²) >= 11 is 0. The first-order valence-electron chi connectivity index (χ1n) is 8.86. The van der Waals surface area contributed by atoms with Crippen molar-refractivity contribution in [3.63, 3.8) is 0 Å². The van der Waals surface area contributed by atoms with Crippen LogP contribution in [0, 0.1) is 16.1 Å². The second-order valence-electron chi connectivity index (χ2n) is 6.52. The van der Waals surface area contributed by atoms with E-state index in [1.165, 1.54) is 18.5 Å². The van der Waals surface area contributed by atoms with Crippen molar-refractivity contribution >= 4 is 5.82 Å². The van der Waals surface area contributed by atoms with Crippen LogP contribution in [0.15, 0.2) is 48.8 Å². The van der Waals surface area contributed by atoms with Crippen molar-refractivity contribution in [3.05, 3.63) is 70.4 Å². The zero-order chi connectivity index (χ0) is 19.5. The number of aromatic nitrogens is 3. The maximum absolute atomic E-state index is 13.0. The molecule has 28 heavy (non-hydrogen) atoms. The van der Waals surface area contributed by atoms with E-state index in [1.807, 2.05) is 24.3 Å². The summed E-state index contributed by atoms with van der Waals surface area (Å²) in [6.07, 6.45) is 2.92. The molecule has 0 bridgehead atoms. The Morgan fingerprint density at radius 3 is 2.61 bits per heavy atom. The molecule has 0 saturated carbocycles. The summed E-state index contributed by atoms with van der Waals surface area (Å²) in [5.74, 6) is -0.694. The lowest BCUT2D eigenvalue weighted by molar-refractivity contribution is -0.389. The molecule has 8 nitrogen and oxygen atoms in total. The van der Waals surface area contributed by atoms with E-state index in [0.29, 0.717) is 25.7 Å². The van der Waals surface area contributed by atoms with Gasteiger partial charge in [0.1, 0.15) is 12.8 Å². The minimum atomic E-state index is -0.517. The molecule has 9 heteroatoms. The number of nitro groups is 1. The fraction of sp³-hybridized carbons (Fsp3) is 0.263. The average molecular weight is 383 g/mol. The molecule has 0 atom stereocenters. The maximum atomic E-state index is 13.0. The van der Waals surface area contributed by atoms with Gasteiger partial charge in [-0.2, -0.15) is 4.39 Å². The van der Waals surface area contributed by atoms with Crippen molar-refractivity contribution in [2.24, 2.45) is 0 Å². The van der Waals surface area contributed by atoms with Gasteiger partial charge in [-0.15, -0.1) is 0 Å². The molecule has 0 spiro atoms. The summed E-state index contributed by atoms with van der Waals surface area (Å²) in [4.78, 5) is 20.2. The highest BCUT2D eigenvalue weighted by atomic mass is 19.1. The Morgan fingerprint density at radius 1 is 1.11 bits per heavy atom. The molecular weight excluding hydrogens is 365 g/mol. The van der Waals surface area contributed by atoms with Crippen molar-refractivity contribution in [1.82, 2.24) is 19.4 Å². The number of nitrogens with zero attached hydrogens (tertiary/aromatic N) is 5. The molecular formula is C19H18FN5O3. The lowest BCUT2D eigenvalue weighted by Crippen LogP contribution is -2.33. The Balaban J connectivity index is 1.41. The number of fused-ring (bicyclic) bond motifs is 1. The van der Waals surface area contributed by atoms with Crippen LogP contribution in [0.1, 0.15) is 5.56 Å². The molecule has 3 aromatic rings. The lowest BCUT2D eigenvalue weighted by atomic mass is 10.1. The van der Waals surface area contributed by atoms with Crippen molar-refractivity contribution < 1.29 is 14.1 Å². The zero-order valence-electron chi connectivity index (χ0n) is 15.0. The first kappa shape index (κ1) is 18.1. The number of pyridine rings is 1. The molecule has 0 radical (unpaired) electrons. The number of imidazole rings is 1. The summed E-state index contributed by atoms with van der Waals surface area (Å²) in [6, 6.07) is 11.4. The minimum absolute atomic E-state index is 0.200. The van der Waals surface area contributed by atoms with Gasteiger partial charge in [0, 0.05) is 42.9 Å². The van der Waals surface area contributed by atoms with Gasteiger partial charge in [0.15, 0.2) is 0 Å². The van der Waals surface area contributed by atoms with Gasteiger partial charge in [-0.3, -0.25) is 9.47 Å². The van der Waals surface area contributed by atoms with Gasteiger partial charge in [0.2, 0.25) is 5.95 Å². The molecule has 0 N–H and O–H groups in total. The highest BCUT2D eigenvalue weighted by molar-refractivity contribution is 5.62. The summed E-state index contributed by atoms with van der Waals surface area (Å²) in [5, 5.41) is 10.9. The Morgan fingerprint density at radius 2 is 1.89 bits per heavy atom. The number of ether oxygens (including phenoxy) is 1. The Kier molecular flexibility index (Phi) is 4.98. The summed E-state index contributed by atoms with van der Waals surface area (Å²) in [7, 11) is 0. The summed E-state index contributed by atoms with van der Waals surface area (Å²) < 4.78 is 20.2. The van der Waals surface area contributed by atoms with Gasteiger partial charge >= 0.3 is 11.8 Å². The van der Waals surface area contributed by atoms with Crippen molar-refractivity contribution in [2.75, 3.05) is 19.7 Å². The number of hydrogen-bond acceptors (Lipinski definition) is 6. The molecule has 2 aromatic heterocycles. The van der Waals surface area contributed by atoms with Gasteiger partial charge in [0.25, 0.3) is 0 Å². The van der Waals surface area contributed by atoms with Crippen LogP contribution in [0.4, 0.5) is 10.2 Å². The maximum Gasteiger partial charge on any atom is 0.414 e. The van der Waals surface area contributed by atoms with Crippen LogP contribution < -0.4 is 4.74 Å². The highest BCUT2D eigenvalue weighted by Gasteiger charge is 2.22. The van der Waals surface area contributed by atoms with Crippen molar-refractivity contribution in [2.45, 2.75) is 13.1 Å². The molecule has 4 rings (SSSR count). The molecule has 0 unspecified atom stereocenters. The van der Waals surface area contributed by atoms with E-state index in [2.05, 4.69) is 14.9 Å². The van der Waals surface area contributed by atoms with E-state index >= 15 is 0 Å². The van der Waals surface area contributed by atoms with E-state index in [-0.39, 0.29) is 5.82 Å². The van der Waals surface area contributed by atoms with Gasteiger partial charge in [0.05, 0.1) is 0 Å². The van der Waals surface area contributed by atoms with Crippen LogP contribution >= 0.6 is 0 Å². The fourth-order valence-electron chi connectivity index (χ4n) is 3.14. The SMILES string of the molecule is O=[N+]([O-])c1cn2c(n1)OCCN(Cc1ccc(-c3ccc(F)nc3)cc1)CC2. The number of rotatable bonds is 4. The molecule has 1 aromatic carbocycles. The molecule has 3 heterocycles. The molecule has 1 aliphatic heterocycles. The van der Waals surface area contributed by atoms with Gasteiger partial charge in [-0.25, -0.2) is 4.98 Å². The van der Waals surface area contributed by atoms with E-state index in [0.717, 1.165) is 29.8 Å². The topological polar surface area (TPSA) is 86.3 Å². The zero-order valence-corrected chi connectivity index (χ0v) is 15.0. The lowest BCUT2D eigenvalue weighted by Gasteiger charge is -2.24. The monoisotopic (exact) mass is 383 g/mol. The number of hydrogen-bond donors (Lipinski definition) is 0. The molecule has 0 aliphatic carbocycles. The van der Waals surface area contributed by atoms with Crippen molar-refractivity contribution in [1.29, 1.82) is 0 Å². The smallest absolute Gasteiger partial charge is 0.414 e. The Labute approximate surface area is 160 Å². The van der Waals surface area contributed by atoms with E-state index < -0.39 is 10.9 Å². The van der Waals surface area contributed by atoms with Crippen molar-refractivity contribution in [3.8, 4) is 17.1 Å². The first-order valence-corrected chi connectivity index (χ1v) is 8.86.